The number of nitrogens with zero attached hydrogens (tertiary/aromatic N) is 5. The Morgan fingerprint density at radius 2 is 2.00 bits per heavy atom. The molecule has 4 aromatic heterocycles. The maximum absolute atomic E-state index is 14.6. The Morgan fingerprint density at radius 1 is 1.10 bits per heavy atom. The highest BCUT2D eigenvalue weighted by molar-refractivity contribution is 5.78. The van der Waals surface area contributed by atoms with Gasteiger partial charge in [-0.05, 0) is 42.2 Å². The van der Waals surface area contributed by atoms with Crippen molar-refractivity contribution in [2.24, 2.45) is 0 Å². The fourth-order valence-corrected chi connectivity index (χ4v) is 3.84. The molecule has 30 heavy (non-hydrogen) atoms. The first-order valence-electron chi connectivity index (χ1n) is 10.1. The van der Waals surface area contributed by atoms with Gasteiger partial charge in [-0.25, -0.2) is 19.9 Å². The van der Waals surface area contributed by atoms with E-state index < -0.39 is 5.95 Å². The van der Waals surface area contributed by atoms with Gasteiger partial charge in [0.1, 0.15) is 23.6 Å². The summed E-state index contributed by atoms with van der Waals surface area (Å²) in [7, 11) is 0. The van der Waals surface area contributed by atoms with Gasteiger partial charge < -0.3 is 15.2 Å². The standard InChI is InChI=1S/C22H22FN7/c23-21-16(10-17-12-27-22-18(17)13-24-14-28-22)3-4-19(29-21)26-11-15-5-6-25-20(9-15)30-7-1-2-8-30/h3-6,9,12-14H,1-2,7-8,10-11H2,(H,26,29)(H,24,27,28). The largest absolute Gasteiger partial charge is 0.366 e. The number of H-pyrrole nitrogens is 1. The topological polar surface area (TPSA) is 82.6 Å². The monoisotopic (exact) mass is 403 g/mol. The third-order valence-corrected chi connectivity index (χ3v) is 5.46. The van der Waals surface area contributed by atoms with Crippen LogP contribution in [0.25, 0.3) is 11.0 Å². The van der Waals surface area contributed by atoms with Crippen molar-refractivity contribution in [1.82, 2.24) is 24.9 Å². The average Bonchev–Trinajstić information content (AvgIpc) is 3.45. The minimum atomic E-state index is -0.473. The van der Waals surface area contributed by atoms with Crippen molar-refractivity contribution in [2.75, 3.05) is 23.3 Å². The molecule has 4 aromatic rings. The van der Waals surface area contributed by atoms with Crippen LogP contribution in [0.1, 0.15) is 29.5 Å². The van der Waals surface area contributed by atoms with Crippen LogP contribution in [0.2, 0.25) is 0 Å². The van der Waals surface area contributed by atoms with E-state index in [1.165, 1.54) is 19.2 Å². The number of anilines is 2. The Labute approximate surface area is 173 Å². The third kappa shape index (κ3) is 3.80. The molecule has 8 heteroatoms. The summed E-state index contributed by atoms with van der Waals surface area (Å²) in [6.07, 6.45) is 9.74. The van der Waals surface area contributed by atoms with Crippen molar-refractivity contribution in [3.8, 4) is 0 Å². The molecule has 2 N–H and O–H groups in total. The molecule has 0 unspecified atom stereocenters. The number of aromatic amines is 1. The Hall–Kier alpha value is -3.55. The molecule has 0 aromatic carbocycles. The van der Waals surface area contributed by atoms with Crippen molar-refractivity contribution >= 4 is 22.7 Å². The van der Waals surface area contributed by atoms with Crippen LogP contribution in [0, 0.1) is 5.95 Å². The van der Waals surface area contributed by atoms with Gasteiger partial charge in [-0.1, -0.05) is 6.07 Å². The van der Waals surface area contributed by atoms with Crippen molar-refractivity contribution in [2.45, 2.75) is 25.8 Å². The molecule has 0 aliphatic carbocycles. The number of pyridine rings is 2. The lowest BCUT2D eigenvalue weighted by molar-refractivity contribution is 0.571. The number of nitrogens with one attached hydrogen (secondary N) is 2. The molecule has 5 rings (SSSR count). The van der Waals surface area contributed by atoms with Gasteiger partial charge >= 0.3 is 0 Å². The predicted molar refractivity (Wildman–Crippen MR) is 114 cm³/mol. The highest BCUT2D eigenvalue weighted by atomic mass is 19.1. The summed E-state index contributed by atoms with van der Waals surface area (Å²) in [5, 5.41) is 4.11. The number of halogens is 1. The van der Waals surface area contributed by atoms with Crippen LogP contribution in [0.4, 0.5) is 16.0 Å². The molecular formula is C22H22FN7. The van der Waals surface area contributed by atoms with Crippen LogP contribution >= 0.6 is 0 Å². The molecule has 0 saturated carbocycles. The van der Waals surface area contributed by atoms with E-state index in [4.69, 9.17) is 0 Å². The predicted octanol–water partition coefficient (Wildman–Crippen LogP) is 3.69. The minimum absolute atomic E-state index is 0.427. The maximum atomic E-state index is 14.6. The minimum Gasteiger partial charge on any atom is -0.366 e. The lowest BCUT2D eigenvalue weighted by Crippen LogP contribution is -2.19. The molecule has 0 spiro atoms. The summed E-state index contributed by atoms with van der Waals surface area (Å²) in [5.74, 6) is 1.04. The van der Waals surface area contributed by atoms with Crippen LogP contribution in [0.15, 0.2) is 49.2 Å². The van der Waals surface area contributed by atoms with Gasteiger partial charge in [-0.2, -0.15) is 4.39 Å². The second-order valence-corrected chi connectivity index (χ2v) is 7.49. The quantitative estimate of drug-likeness (QED) is 0.478. The van der Waals surface area contributed by atoms with Crippen LogP contribution in [-0.2, 0) is 13.0 Å². The third-order valence-electron chi connectivity index (χ3n) is 5.46. The zero-order valence-corrected chi connectivity index (χ0v) is 16.5. The van der Waals surface area contributed by atoms with E-state index in [1.54, 1.807) is 12.3 Å². The van der Waals surface area contributed by atoms with Crippen molar-refractivity contribution < 1.29 is 4.39 Å². The summed E-state index contributed by atoms with van der Waals surface area (Å²) in [6, 6.07) is 7.64. The van der Waals surface area contributed by atoms with Gasteiger partial charge in [0.05, 0.1) is 0 Å². The summed E-state index contributed by atoms with van der Waals surface area (Å²) in [6.45, 7) is 2.68. The molecule has 0 radical (unpaired) electrons. The van der Waals surface area contributed by atoms with Gasteiger partial charge in [0.15, 0.2) is 0 Å². The van der Waals surface area contributed by atoms with E-state index in [0.29, 0.717) is 24.3 Å². The molecule has 152 valence electrons. The molecule has 0 amide bonds. The molecule has 0 atom stereocenters. The van der Waals surface area contributed by atoms with E-state index in [0.717, 1.165) is 41.1 Å². The SMILES string of the molecule is Fc1nc(NCc2ccnc(N3CCCC3)c2)ccc1Cc1c[nH]c2ncncc12. The zero-order valence-electron chi connectivity index (χ0n) is 16.5. The van der Waals surface area contributed by atoms with Gasteiger partial charge in [0.25, 0.3) is 0 Å². The van der Waals surface area contributed by atoms with Crippen LogP contribution in [-0.4, -0.2) is 38.0 Å². The number of aromatic nitrogens is 5. The number of hydrogen-bond donors (Lipinski definition) is 2. The van der Waals surface area contributed by atoms with Gasteiger partial charge in [0.2, 0.25) is 5.95 Å². The van der Waals surface area contributed by atoms with Crippen LogP contribution in [0.3, 0.4) is 0 Å². The van der Waals surface area contributed by atoms with Gasteiger partial charge in [-0.3, -0.25) is 0 Å². The normalized spacial score (nSPS) is 13.8. The van der Waals surface area contributed by atoms with E-state index >= 15 is 0 Å². The van der Waals surface area contributed by atoms with Crippen molar-refractivity contribution in [1.29, 1.82) is 0 Å². The molecule has 0 bridgehead atoms. The smallest absolute Gasteiger partial charge is 0.218 e. The second kappa shape index (κ2) is 8.06. The number of hydrogen-bond acceptors (Lipinski definition) is 6. The molecule has 1 aliphatic rings. The van der Waals surface area contributed by atoms with Crippen LogP contribution in [0.5, 0.6) is 0 Å². The summed E-state index contributed by atoms with van der Waals surface area (Å²) < 4.78 is 14.6. The first kappa shape index (κ1) is 18.5. The Kier molecular flexibility index (Phi) is 4.96. The van der Waals surface area contributed by atoms with E-state index in [2.05, 4.69) is 41.2 Å². The first-order valence-corrected chi connectivity index (χ1v) is 10.1. The number of fused-ring (bicyclic) bond motifs is 1. The Balaban J connectivity index is 1.26. The second-order valence-electron chi connectivity index (χ2n) is 7.49. The highest BCUT2D eigenvalue weighted by Crippen LogP contribution is 2.22. The molecule has 7 nitrogen and oxygen atoms in total. The summed E-state index contributed by atoms with van der Waals surface area (Å²) in [5.41, 5.74) is 3.32. The molecule has 5 heterocycles. The van der Waals surface area contributed by atoms with Gasteiger partial charge in [-0.15, -0.1) is 0 Å². The van der Waals surface area contributed by atoms with E-state index in [-0.39, 0.29) is 0 Å². The fourth-order valence-electron chi connectivity index (χ4n) is 3.84. The van der Waals surface area contributed by atoms with E-state index in [9.17, 15) is 4.39 Å². The lowest BCUT2D eigenvalue weighted by Gasteiger charge is -2.17. The zero-order chi connectivity index (χ0) is 20.3. The first-order chi connectivity index (χ1) is 14.8. The van der Waals surface area contributed by atoms with Gasteiger partial charge in [0, 0.05) is 55.6 Å². The number of rotatable bonds is 6. The molecule has 1 fully saturated rings. The lowest BCUT2D eigenvalue weighted by atomic mass is 10.1. The van der Waals surface area contributed by atoms with Crippen LogP contribution < -0.4 is 10.2 Å². The van der Waals surface area contributed by atoms with Crippen molar-refractivity contribution in [3.63, 3.8) is 0 Å². The van der Waals surface area contributed by atoms with Crippen molar-refractivity contribution in [3.05, 3.63) is 71.8 Å². The molecule has 1 saturated heterocycles. The summed E-state index contributed by atoms with van der Waals surface area (Å²) in [4.78, 5) is 22.2. The fraction of sp³-hybridized carbons (Fsp3) is 0.273. The average molecular weight is 403 g/mol. The highest BCUT2D eigenvalue weighted by Gasteiger charge is 2.14. The Morgan fingerprint density at radius 3 is 2.87 bits per heavy atom. The Bertz CT molecular complexity index is 1170. The summed E-state index contributed by atoms with van der Waals surface area (Å²) >= 11 is 0. The van der Waals surface area contributed by atoms with E-state index in [1.807, 2.05) is 24.5 Å². The maximum Gasteiger partial charge on any atom is 0.218 e. The molecule has 1 aliphatic heterocycles. The molecular weight excluding hydrogens is 381 g/mol.